The molecule has 4 rings (SSSR count). The lowest BCUT2D eigenvalue weighted by molar-refractivity contribution is -0.141. The molecule has 0 spiro atoms. The van der Waals surface area contributed by atoms with Crippen LogP contribution in [0.2, 0.25) is 0 Å². The summed E-state index contributed by atoms with van der Waals surface area (Å²) < 4.78 is 0.285. The predicted octanol–water partition coefficient (Wildman–Crippen LogP) is 3.10. The van der Waals surface area contributed by atoms with Crippen LogP contribution in [0.25, 0.3) is 0 Å². The first-order chi connectivity index (χ1) is 10.9. The Morgan fingerprint density at radius 2 is 1.87 bits per heavy atom. The normalized spacial score (nSPS) is 37.7. The molecule has 4 saturated carbocycles. The molecule has 1 N–H and O–H groups in total. The molecular formula is C18H29BrN2O2. The number of rotatable bonds is 6. The number of likely N-dealkylation sites (N-methyl/N-ethyl adjacent to an activating group) is 1. The van der Waals surface area contributed by atoms with Gasteiger partial charge in [-0.2, -0.15) is 0 Å². The molecule has 2 unspecified atom stereocenters. The maximum absolute atomic E-state index is 12.9. The van der Waals surface area contributed by atoms with Gasteiger partial charge in [0.2, 0.25) is 11.8 Å². The van der Waals surface area contributed by atoms with Crippen molar-refractivity contribution in [3.8, 4) is 0 Å². The van der Waals surface area contributed by atoms with Crippen LogP contribution in [0.4, 0.5) is 0 Å². The largest absolute Gasteiger partial charge is 0.358 e. The van der Waals surface area contributed by atoms with E-state index in [0.717, 1.165) is 24.7 Å². The fourth-order valence-electron chi connectivity index (χ4n) is 5.79. The number of carbonyl (C=O) groups excluding carboxylic acids is 2. The fraction of sp³-hybridized carbons (Fsp3) is 0.889. The predicted molar refractivity (Wildman–Crippen MR) is 94.3 cm³/mol. The van der Waals surface area contributed by atoms with Crippen LogP contribution in [-0.2, 0) is 9.59 Å². The molecule has 0 aromatic rings. The molecule has 0 heterocycles. The molecule has 0 aromatic heterocycles. The summed E-state index contributed by atoms with van der Waals surface area (Å²) in [5.41, 5.74) is 0.180. The zero-order chi connectivity index (χ0) is 16.7. The van der Waals surface area contributed by atoms with E-state index in [2.05, 4.69) is 28.2 Å². The Hall–Kier alpha value is -0.580. The third-order valence-corrected chi connectivity index (χ3v) is 7.02. The first kappa shape index (κ1) is 17.2. The molecule has 4 nitrogen and oxygen atoms in total. The molecule has 0 saturated heterocycles. The molecule has 130 valence electrons. The average Bonchev–Trinajstić information content (AvgIpc) is 2.43. The second-order valence-corrected chi connectivity index (χ2v) is 9.96. The van der Waals surface area contributed by atoms with Crippen LogP contribution in [0.3, 0.4) is 0 Å². The van der Waals surface area contributed by atoms with Gasteiger partial charge < -0.3 is 10.2 Å². The molecule has 23 heavy (non-hydrogen) atoms. The van der Waals surface area contributed by atoms with E-state index >= 15 is 0 Å². The Morgan fingerprint density at radius 1 is 1.22 bits per heavy atom. The monoisotopic (exact) mass is 384 g/mol. The molecule has 5 heteroatoms. The van der Waals surface area contributed by atoms with Crippen LogP contribution >= 0.6 is 15.9 Å². The van der Waals surface area contributed by atoms with Gasteiger partial charge in [0.05, 0.1) is 6.54 Å². The topological polar surface area (TPSA) is 49.4 Å². The van der Waals surface area contributed by atoms with Gasteiger partial charge in [-0.05, 0) is 62.2 Å². The lowest BCUT2D eigenvalue weighted by Crippen LogP contribution is -2.54. The smallest absolute Gasteiger partial charge is 0.239 e. The zero-order valence-electron chi connectivity index (χ0n) is 14.4. The highest BCUT2D eigenvalue weighted by Crippen LogP contribution is 2.65. The van der Waals surface area contributed by atoms with Gasteiger partial charge in [0, 0.05) is 24.3 Å². The van der Waals surface area contributed by atoms with E-state index < -0.39 is 0 Å². The number of hydrogen-bond acceptors (Lipinski definition) is 2. The van der Waals surface area contributed by atoms with Crippen molar-refractivity contribution < 1.29 is 9.59 Å². The fourth-order valence-corrected chi connectivity index (χ4v) is 7.30. The minimum Gasteiger partial charge on any atom is -0.358 e. The van der Waals surface area contributed by atoms with Crippen molar-refractivity contribution in [2.24, 2.45) is 17.3 Å². The minimum absolute atomic E-state index is 0.0747. The second-order valence-electron chi connectivity index (χ2n) is 8.28. The van der Waals surface area contributed by atoms with Crippen LogP contribution in [0.1, 0.15) is 58.3 Å². The summed E-state index contributed by atoms with van der Waals surface area (Å²) in [7, 11) is 1.63. The Bertz CT molecular complexity index is 479. The molecule has 0 radical (unpaired) electrons. The number of nitrogens with zero attached hydrogens (tertiary/aromatic N) is 1. The Kier molecular flexibility index (Phi) is 4.78. The summed E-state index contributed by atoms with van der Waals surface area (Å²) in [5, 5.41) is 2.63. The van der Waals surface area contributed by atoms with E-state index in [1.807, 2.05) is 0 Å². The number of carbonyl (C=O) groups is 2. The van der Waals surface area contributed by atoms with Crippen molar-refractivity contribution >= 4 is 27.7 Å². The molecule has 4 aliphatic rings. The minimum atomic E-state index is -0.0747. The van der Waals surface area contributed by atoms with Gasteiger partial charge in [-0.25, -0.2) is 0 Å². The average molecular weight is 385 g/mol. The molecule has 4 bridgehead atoms. The van der Waals surface area contributed by atoms with Gasteiger partial charge in [-0.15, -0.1) is 0 Å². The highest BCUT2D eigenvalue weighted by molar-refractivity contribution is 9.10. The first-order valence-corrected chi connectivity index (χ1v) is 9.83. The van der Waals surface area contributed by atoms with Crippen molar-refractivity contribution in [1.29, 1.82) is 0 Å². The summed E-state index contributed by atoms with van der Waals surface area (Å²) in [6, 6.07) is 0. The van der Waals surface area contributed by atoms with Crippen LogP contribution in [0.5, 0.6) is 0 Å². The molecule has 0 aromatic carbocycles. The molecule has 2 amide bonds. The van der Waals surface area contributed by atoms with Gasteiger partial charge in [0.25, 0.3) is 0 Å². The Balaban J connectivity index is 1.69. The van der Waals surface area contributed by atoms with Gasteiger partial charge in [0.15, 0.2) is 0 Å². The Morgan fingerprint density at radius 3 is 2.39 bits per heavy atom. The number of hydrogen-bond donors (Lipinski definition) is 1. The molecule has 4 fully saturated rings. The molecule has 4 aliphatic carbocycles. The summed E-state index contributed by atoms with van der Waals surface area (Å²) in [6.45, 7) is 2.93. The van der Waals surface area contributed by atoms with Crippen LogP contribution < -0.4 is 5.32 Å². The Labute approximate surface area is 147 Å². The van der Waals surface area contributed by atoms with E-state index in [4.69, 9.17) is 0 Å². The van der Waals surface area contributed by atoms with Crippen molar-refractivity contribution in [3.63, 3.8) is 0 Å². The number of halogens is 1. The van der Waals surface area contributed by atoms with Crippen LogP contribution in [0, 0.1) is 17.3 Å². The lowest BCUT2D eigenvalue weighted by Gasteiger charge is -2.60. The van der Waals surface area contributed by atoms with E-state index in [9.17, 15) is 9.59 Å². The van der Waals surface area contributed by atoms with E-state index in [0.29, 0.717) is 13.0 Å². The second kappa shape index (κ2) is 6.38. The SMILES string of the molecule is CCCN(CC(=O)NC)C(=O)CC12CC3CC(CC(Br)(C3)C1)C2. The van der Waals surface area contributed by atoms with Crippen molar-refractivity contribution in [3.05, 3.63) is 0 Å². The quantitative estimate of drug-likeness (QED) is 0.715. The van der Waals surface area contributed by atoms with Crippen LogP contribution in [-0.4, -0.2) is 41.2 Å². The highest BCUT2D eigenvalue weighted by Gasteiger charge is 2.57. The standard InChI is InChI=1S/C18H29BrN2O2/c1-3-4-21(11-15(22)20-2)16(23)10-17-6-13-5-14(7-17)9-18(19,8-13)12-17/h13-14H,3-12H2,1-2H3,(H,20,22). The van der Waals surface area contributed by atoms with Gasteiger partial charge in [0.1, 0.15) is 0 Å². The molecule has 2 atom stereocenters. The van der Waals surface area contributed by atoms with Crippen molar-refractivity contribution in [2.75, 3.05) is 20.1 Å². The number of alkyl halides is 1. The summed E-state index contributed by atoms with van der Waals surface area (Å²) in [6.07, 6.45) is 9.02. The summed E-state index contributed by atoms with van der Waals surface area (Å²) in [4.78, 5) is 26.4. The van der Waals surface area contributed by atoms with E-state index in [1.165, 1.54) is 32.1 Å². The zero-order valence-corrected chi connectivity index (χ0v) is 16.0. The van der Waals surface area contributed by atoms with Gasteiger partial charge >= 0.3 is 0 Å². The van der Waals surface area contributed by atoms with E-state index in [1.54, 1.807) is 11.9 Å². The third-order valence-electron chi connectivity index (χ3n) is 6.10. The number of amides is 2. The number of nitrogens with one attached hydrogen (secondary N) is 1. The van der Waals surface area contributed by atoms with Crippen molar-refractivity contribution in [2.45, 2.75) is 62.6 Å². The molecule has 0 aliphatic heterocycles. The summed E-state index contributed by atoms with van der Waals surface area (Å²) in [5.74, 6) is 1.69. The third kappa shape index (κ3) is 3.59. The molecular weight excluding hydrogens is 356 g/mol. The highest BCUT2D eigenvalue weighted by atomic mass is 79.9. The maximum atomic E-state index is 12.9. The van der Waals surface area contributed by atoms with E-state index in [-0.39, 0.29) is 28.1 Å². The van der Waals surface area contributed by atoms with Crippen molar-refractivity contribution in [1.82, 2.24) is 10.2 Å². The maximum Gasteiger partial charge on any atom is 0.239 e. The lowest BCUT2D eigenvalue weighted by atomic mass is 9.48. The first-order valence-electron chi connectivity index (χ1n) is 9.04. The van der Waals surface area contributed by atoms with Gasteiger partial charge in [-0.3, -0.25) is 9.59 Å². The summed E-state index contributed by atoms with van der Waals surface area (Å²) >= 11 is 4.01. The van der Waals surface area contributed by atoms with Crippen LogP contribution in [0.15, 0.2) is 0 Å². The van der Waals surface area contributed by atoms with Gasteiger partial charge in [-0.1, -0.05) is 22.9 Å².